The molecule has 3 rings (SSSR count). The van der Waals surface area contributed by atoms with E-state index in [1.54, 1.807) is 6.07 Å². The van der Waals surface area contributed by atoms with Gasteiger partial charge in [0.25, 0.3) is 0 Å². The molecule has 0 saturated carbocycles. The maximum atomic E-state index is 12.7. The van der Waals surface area contributed by atoms with Crippen LogP contribution in [0.4, 0.5) is 0 Å². The van der Waals surface area contributed by atoms with Gasteiger partial charge in [0.05, 0.1) is 25.9 Å². The lowest BCUT2D eigenvalue weighted by Gasteiger charge is -2.16. The Hall–Kier alpha value is -3.06. The number of nitrogens with zero attached hydrogens (tertiary/aromatic N) is 2. The number of thioether (sulfide) groups is 1. The van der Waals surface area contributed by atoms with Crippen molar-refractivity contribution in [3.8, 4) is 11.8 Å². The van der Waals surface area contributed by atoms with Crippen molar-refractivity contribution in [2.75, 3.05) is 19.8 Å². The molecule has 6 nitrogen and oxygen atoms in total. The van der Waals surface area contributed by atoms with Crippen molar-refractivity contribution in [3.63, 3.8) is 0 Å². The number of unbranched alkanes of at least 4 members (excludes halogenated alkanes) is 3. The van der Waals surface area contributed by atoms with Crippen LogP contribution in [0.3, 0.4) is 0 Å². The van der Waals surface area contributed by atoms with Gasteiger partial charge in [-0.25, -0.2) is 0 Å². The molecule has 0 aliphatic carbocycles. The summed E-state index contributed by atoms with van der Waals surface area (Å²) in [5.74, 6) is 0.656. The predicted octanol–water partition coefficient (Wildman–Crippen LogP) is 6.71. The molecule has 7 heteroatoms. The van der Waals surface area contributed by atoms with Crippen molar-refractivity contribution in [2.24, 2.45) is 0 Å². The largest absolute Gasteiger partial charge is 0.477 e. The van der Waals surface area contributed by atoms with Crippen LogP contribution in [0.25, 0.3) is 0 Å². The van der Waals surface area contributed by atoms with Crippen LogP contribution in [-0.4, -0.2) is 41.0 Å². The molecule has 0 aliphatic rings. The van der Waals surface area contributed by atoms with Crippen LogP contribution in [0.2, 0.25) is 0 Å². The summed E-state index contributed by atoms with van der Waals surface area (Å²) in [5.41, 5.74) is 2.39. The van der Waals surface area contributed by atoms with E-state index < -0.39 is 0 Å². The minimum Gasteiger partial charge on any atom is -0.477 e. The van der Waals surface area contributed by atoms with E-state index in [2.05, 4.69) is 41.2 Å². The Morgan fingerprint density at radius 2 is 1.38 bits per heavy atom. The second-order valence-electron chi connectivity index (χ2n) is 8.70. The number of carbonyl (C=O) groups excluding carboxylic acids is 1. The number of ether oxygens (including phenoxy) is 3. The third-order valence-electron chi connectivity index (χ3n) is 5.74. The van der Waals surface area contributed by atoms with Crippen LogP contribution >= 0.6 is 11.8 Å². The summed E-state index contributed by atoms with van der Waals surface area (Å²) in [7, 11) is 0. The number of benzene rings is 2. The molecule has 198 valence electrons. The Labute approximate surface area is 225 Å². The number of rotatable bonds is 17. The quantitative estimate of drug-likeness (QED) is 0.0844. The SMILES string of the molecule is CCCCCCC(Sc1nc(OCCc2ccccc2)cc(OCCc2ccccc2)n1)C(=O)OCC. The van der Waals surface area contributed by atoms with Gasteiger partial charge in [-0.15, -0.1) is 0 Å². The predicted molar refractivity (Wildman–Crippen MR) is 148 cm³/mol. The topological polar surface area (TPSA) is 70.5 Å². The molecule has 0 fully saturated rings. The fourth-order valence-electron chi connectivity index (χ4n) is 3.76. The number of hydrogen-bond acceptors (Lipinski definition) is 7. The molecule has 37 heavy (non-hydrogen) atoms. The average molecular weight is 523 g/mol. The zero-order valence-electron chi connectivity index (χ0n) is 21.9. The summed E-state index contributed by atoms with van der Waals surface area (Å²) in [6.07, 6.45) is 6.59. The molecule has 3 aromatic rings. The van der Waals surface area contributed by atoms with Crippen molar-refractivity contribution in [1.29, 1.82) is 0 Å². The monoisotopic (exact) mass is 522 g/mol. The van der Waals surface area contributed by atoms with Gasteiger partial charge in [0, 0.05) is 12.8 Å². The van der Waals surface area contributed by atoms with E-state index in [4.69, 9.17) is 14.2 Å². The molecule has 0 N–H and O–H groups in total. The highest BCUT2D eigenvalue weighted by Crippen LogP contribution is 2.29. The Morgan fingerprint density at radius 3 is 1.89 bits per heavy atom. The van der Waals surface area contributed by atoms with Gasteiger partial charge < -0.3 is 14.2 Å². The first-order valence-electron chi connectivity index (χ1n) is 13.2. The van der Waals surface area contributed by atoms with Gasteiger partial charge in [-0.3, -0.25) is 4.79 Å². The summed E-state index contributed by atoms with van der Waals surface area (Å²) in [6.45, 7) is 5.31. The van der Waals surface area contributed by atoms with Gasteiger partial charge in [-0.2, -0.15) is 9.97 Å². The summed E-state index contributed by atoms with van der Waals surface area (Å²) in [5, 5.41) is 0.0917. The maximum Gasteiger partial charge on any atom is 0.319 e. The average Bonchev–Trinajstić information content (AvgIpc) is 2.92. The van der Waals surface area contributed by atoms with Gasteiger partial charge in [0.2, 0.25) is 11.8 Å². The molecule has 0 aliphatic heterocycles. The molecular weight excluding hydrogens is 484 g/mol. The van der Waals surface area contributed by atoms with Crippen LogP contribution in [0.5, 0.6) is 11.8 Å². The molecule has 0 bridgehead atoms. The van der Waals surface area contributed by atoms with E-state index >= 15 is 0 Å². The lowest BCUT2D eigenvalue weighted by atomic mass is 10.1. The molecule has 1 heterocycles. The normalized spacial score (nSPS) is 11.6. The Balaban J connectivity index is 1.70. The third kappa shape index (κ3) is 10.8. The van der Waals surface area contributed by atoms with Crippen LogP contribution in [0.1, 0.15) is 57.1 Å². The molecule has 2 aromatic carbocycles. The molecule has 0 amide bonds. The first kappa shape index (κ1) is 28.5. The second-order valence-corrected chi connectivity index (χ2v) is 9.87. The van der Waals surface area contributed by atoms with E-state index in [9.17, 15) is 4.79 Å². The lowest BCUT2D eigenvalue weighted by molar-refractivity contribution is -0.142. The number of hydrogen-bond donors (Lipinski definition) is 0. The minimum absolute atomic E-state index is 0.227. The van der Waals surface area contributed by atoms with Crippen molar-refractivity contribution >= 4 is 17.7 Å². The van der Waals surface area contributed by atoms with Crippen molar-refractivity contribution in [3.05, 3.63) is 77.9 Å². The second kappa shape index (κ2) is 16.6. The molecule has 1 atom stereocenters. The van der Waals surface area contributed by atoms with Crippen LogP contribution < -0.4 is 9.47 Å². The first-order chi connectivity index (χ1) is 18.2. The molecule has 1 unspecified atom stereocenters. The molecule has 1 aromatic heterocycles. The standard InChI is InChI=1S/C30H38N2O4S/c1-3-5-6-13-18-26(29(33)34-4-2)37-30-31-27(35-21-19-24-14-9-7-10-15-24)23-28(32-30)36-22-20-25-16-11-8-12-17-25/h7-12,14-17,23,26H,3-6,13,18-22H2,1-2H3. The summed E-state index contributed by atoms with van der Waals surface area (Å²) >= 11 is 1.33. The van der Waals surface area contributed by atoms with E-state index in [0.29, 0.717) is 36.7 Å². The molecular formula is C30H38N2O4S. The van der Waals surface area contributed by atoms with E-state index in [0.717, 1.165) is 44.9 Å². The lowest BCUT2D eigenvalue weighted by Crippen LogP contribution is -2.21. The van der Waals surface area contributed by atoms with Crippen molar-refractivity contribution < 1.29 is 19.0 Å². The van der Waals surface area contributed by atoms with Crippen LogP contribution in [-0.2, 0) is 22.4 Å². The summed E-state index contributed by atoms with van der Waals surface area (Å²) < 4.78 is 17.3. The third-order valence-corrected chi connectivity index (χ3v) is 6.85. The van der Waals surface area contributed by atoms with E-state index in [1.807, 2.05) is 43.3 Å². The smallest absolute Gasteiger partial charge is 0.319 e. The molecule has 0 spiro atoms. The zero-order valence-corrected chi connectivity index (χ0v) is 22.8. The van der Waals surface area contributed by atoms with E-state index in [1.165, 1.54) is 22.9 Å². The van der Waals surface area contributed by atoms with Crippen molar-refractivity contribution in [1.82, 2.24) is 9.97 Å². The highest BCUT2D eigenvalue weighted by atomic mass is 32.2. The Bertz CT molecular complexity index is 986. The molecule has 0 radical (unpaired) electrons. The van der Waals surface area contributed by atoms with Gasteiger partial charge >= 0.3 is 5.97 Å². The number of aromatic nitrogens is 2. The van der Waals surface area contributed by atoms with Crippen molar-refractivity contribution in [2.45, 2.75) is 69.2 Å². The fraction of sp³-hybridized carbons (Fsp3) is 0.433. The first-order valence-corrected chi connectivity index (χ1v) is 14.1. The highest BCUT2D eigenvalue weighted by molar-refractivity contribution is 8.00. The maximum absolute atomic E-state index is 12.7. The van der Waals surface area contributed by atoms with Crippen LogP contribution in [0, 0.1) is 0 Å². The molecule has 0 saturated heterocycles. The van der Waals surface area contributed by atoms with Gasteiger partial charge in [-0.05, 0) is 24.5 Å². The van der Waals surface area contributed by atoms with Crippen LogP contribution in [0.15, 0.2) is 71.9 Å². The Morgan fingerprint density at radius 1 is 0.811 bits per heavy atom. The van der Waals surface area contributed by atoms with Gasteiger partial charge in [0.1, 0.15) is 5.25 Å². The zero-order chi connectivity index (χ0) is 26.1. The summed E-state index contributed by atoms with van der Waals surface area (Å²) in [4.78, 5) is 21.9. The fourth-order valence-corrected chi connectivity index (χ4v) is 4.75. The number of carbonyl (C=O) groups is 1. The summed E-state index contributed by atoms with van der Waals surface area (Å²) in [6, 6.07) is 22.1. The minimum atomic E-state index is -0.367. The highest BCUT2D eigenvalue weighted by Gasteiger charge is 2.23. The van der Waals surface area contributed by atoms with Gasteiger partial charge in [-0.1, -0.05) is 105 Å². The number of esters is 1. The van der Waals surface area contributed by atoms with E-state index in [-0.39, 0.29) is 11.2 Å². The Kier molecular flexibility index (Phi) is 12.8. The van der Waals surface area contributed by atoms with Gasteiger partial charge in [0.15, 0.2) is 5.16 Å².